The predicted molar refractivity (Wildman–Crippen MR) is 88.7 cm³/mol. The summed E-state index contributed by atoms with van der Waals surface area (Å²) in [5.74, 6) is 0. The van der Waals surface area contributed by atoms with E-state index in [0.29, 0.717) is 9.50 Å². The molecule has 0 unspecified atom stereocenters. The maximum atomic E-state index is 11.9. The Hall–Kier alpha value is -1.56. The van der Waals surface area contributed by atoms with Gasteiger partial charge in [-0.25, -0.2) is 4.79 Å². The van der Waals surface area contributed by atoms with Crippen LogP contribution in [0.1, 0.15) is 17.2 Å². The summed E-state index contributed by atoms with van der Waals surface area (Å²) >= 11 is 9.25. The van der Waals surface area contributed by atoms with E-state index in [-0.39, 0.29) is 13.2 Å². The summed E-state index contributed by atoms with van der Waals surface area (Å²) in [6.45, 7) is -0.0761. The molecule has 1 atom stereocenters. The molecule has 2 N–H and O–H groups in total. The number of aliphatic hydroxyl groups is 1. The second kappa shape index (κ2) is 8.17. The molecule has 0 aliphatic carbocycles. The number of nitrogens with one attached hydrogen (secondary N) is 1. The first kappa shape index (κ1) is 16.8. The number of amides is 1. The number of ether oxygens (including phenoxy) is 1. The summed E-state index contributed by atoms with van der Waals surface area (Å²) in [7, 11) is 0. The average Bonchev–Trinajstić information content (AvgIpc) is 2.52. The van der Waals surface area contributed by atoms with E-state index in [9.17, 15) is 9.90 Å². The molecule has 0 fully saturated rings. The van der Waals surface area contributed by atoms with Crippen molar-refractivity contribution in [2.45, 2.75) is 12.6 Å². The highest BCUT2D eigenvalue weighted by molar-refractivity contribution is 9.10. The Morgan fingerprint density at radius 1 is 1.27 bits per heavy atom. The van der Waals surface area contributed by atoms with E-state index < -0.39 is 12.1 Å². The maximum absolute atomic E-state index is 11.9. The van der Waals surface area contributed by atoms with Gasteiger partial charge in [-0.05, 0) is 23.3 Å². The predicted octanol–water partition coefficient (Wildman–Crippen LogP) is 4.06. The van der Waals surface area contributed by atoms with Crippen molar-refractivity contribution in [3.63, 3.8) is 0 Å². The Labute approximate surface area is 142 Å². The van der Waals surface area contributed by atoms with E-state index in [1.165, 1.54) is 0 Å². The number of alkyl carbamates (subject to hydrolysis) is 1. The molecule has 6 heteroatoms. The minimum atomic E-state index is -0.593. The van der Waals surface area contributed by atoms with Crippen molar-refractivity contribution >= 4 is 33.6 Å². The highest BCUT2D eigenvalue weighted by atomic mass is 79.9. The second-order valence-electron chi connectivity index (χ2n) is 4.61. The average molecular weight is 385 g/mol. The molecule has 2 rings (SSSR count). The van der Waals surface area contributed by atoms with Gasteiger partial charge in [0.1, 0.15) is 6.61 Å². The number of hydrogen-bond acceptors (Lipinski definition) is 3. The number of carbonyl (C=O) groups excluding carboxylic acids is 1. The fraction of sp³-hybridized carbons (Fsp3) is 0.188. The number of halogens is 2. The highest BCUT2D eigenvalue weighted by Crippen LogP contribution is 2.26. The quantitative estimate of drug-likeness (QED) is 0.817. The summed E-state index contributed by atoms with van der Waals surface area (Å²) in [5, 5.41) is 12.7. The lowest BCUT2D eigenvalue weighted by atomic mass is 10.1. The van der Waals surface area contributed by atoms with Gasteiger partial charge in [-0.3, -0.25) is 0 Å². The molecular formula is C16H15BrClNO3. The summed E-state index contributed by atoms with van der Waals surface area (Å²) in [4.78, 5) is 11.9. The van der Waals surface area contributed by atoms with E-state index in [0.717, 1.165) is 11.1 Å². The third-order valence-electron chi connectivity index (χ3n) is 3.03. The zero-order valence-electron chi connectivity index (χ0n) is 11.6. The van der Waals surface area contributed by atoms with Gasteiger partial charge in [0.15, 0.2) is 0 Å². The van der Waals surface area contributed by atoms with Crippen molar-refractivity contribution in [3.05, 3.63) is 69.2 Å². The molecule has 1 amide bonds. The molecule has 116 valence electrons. The van der Waals surface area contributed by atoms with Crippen LogP contribution in [-0.4, -0.2) is 17.8 Å². The van der Waals surface area contributed by atoms with Crippen LogP contribution in [0.5, 0.6) is 0 Å². The molecule has 2 aromatic carbocycles. The molecule has 0 aromatic heterocycles. The molecule has 0 aliphatic heterocycles. The van der Waals surface area contributed by atoms with Crippen LogP contribution in [0, 0.1) is 0 Å². The molecule has 2 aromatic rings. The molecular weight excluding hydrogens is 370 g/mol. The molecule has 0 aliphatic rings. The van der Waals surface area contributed by atoms with E-state index >= 15 is 0 Å². The number of aliphatic hydroxyl groups excluding tert-OH is 1. The molecule has 0 spiro atoms. The van der Waals surface area contributed by atoms with Gasteiger partial charge in [-0.15, -0.1) is 0 Å². The van der Waals surface area contributed by atoms with Gasteiger partial charge in [-0.2, -0.15) is 0 Å². The second-order valence-corrected chi connectivity index (χ2v) is 5.90. The van der Waals surface area contributed by atoms with E-state index in [2.05, 4.69) is 21.2 Å². The lowest BCUT2D eigenvalue weighted by molar-refractivity contribution is 0.129. The molecule has 0 heterocycles. The maximum Gasteiger partial charge on any atom is 0.408 e. The fourth-order valence-electron chi connectivity index (χ4n) is 1.91. The van der Waals surface area contributed by atoms with Crippen molar-refractivity contribution in [3.8, 4) is 0 Å². The third-order valence-corrected chi connectivity index (χ3v) is 3.95. The third kappa shape index (κ3) is 4.73. The van der Waals surface area contributed by atoms with Crippen molar-refractivity contribution in [1.29, 1.82) is 0 Å². The number of benzene rings is 2. The minimum absolute atomic E-state index is 0.173. The lowest BCUT2D eigenvalue weighted by Crippen LogP contribution is -2.31. The first-order valence-electron chi connectivity index (χ1n) is 6.63. The summed E-state index contributed by atoms with van der Waals surface area (Å²) in [6.07, 6.45) is -0.593. The first-order valence-corrected chi connectivity index (χ1v) is 7.80. The molecule has 0 saturated heterocycles. The number of carbonyl (C=O) groups is 1. The van der Waals surface area contributed by atoms with Crippen molar-refractivity contribution in [2.24, 2.45) is 0 Å². The highest BCUT2D eigenvalue weighted by Gasteiger charge is 2.17. The standard InChI is InChI=1S/C16H15BrClNO3/c17-14-8-12(18)6-7-13(14)15(9-20)19-16(21)22-10-11-4-2-1-3-5-11/h1-8,15,20H,9-10H2,(H,19,21)/t15-/m1/s1. The van der Waals surface area contributed by atoms with E-state index in [4.69, 9.17) is 16.3 Å². The Morgan fingerprint density at radius 2 is 2.00 bits per heavy atom. The van der Waals surface area contributed by atoms with Crippen LogP contribution in [0.25, 0.3) is 0 Å². The van der Waals surface area contributed by atoms with E-state index in [1.807, 2.05) is 30.3 Å². The minimum Gasteiger partial charge on any atom is -0.445 e. The zero-order valence-corrected chi connectivity index (χ0v) is 14.0. The Bertz CT molecular complexity index is 637. The molecule has 4 nitrogen and oxygen atoms in total. The normalized spacial score (nSPS) is 11.8. The van der Waals surface area contributed by atoms with Crippen molar-refractivity contribution in [1.82, 2.24) is 5.32 Å². The van der Waals surface area contributed by atoms with Gasteiger partial charge in [0.05, 0.1) is 12.6 Å². The van der Waals surface area contributed by atoms with Gasteiger partial charge in [0.2, 0.25) is 0 Å². The Balaban J connectivity index is 1.96. The largest absolute Gasteiger partial charge is 0.445 e. The molecule has 22 heavy (non-hydrogen) atoms. The molecule has 0 radical (unpaired) electrons. The van der Waals surface area contributed by atoms with Crippen LogP contribution in [-0.2, 0) is 11.3 Å². The van der Waals surface area contributed by atoms with Gasteiger partial charge in [0.25, 0.3) is 0 Å². The van der Waals surface area contributed by atoms with Crippen molar-refractivity contribution in [2.75, 3.05) is 6.61 Å². The van der Waals surface area contributed by atoms with E-state index in [1.54, 1.807) is 18.2 Å². The van der Waals surface area contributed by atoms with Crippen molar-refractivity contribution < 1.29 is 14.6 Å². The fourth-order valence-corrected chi connectivity index (χ4v) is 2.87. The molecule has 0 saturated carbocycles. The molecule has 0 bridgehead atoms. The first-order chi connectivity index (χ1) is 10.6. The van der Waals surface area contributed by atoms with Gasteiger partial charge < -0.3 is 15.2 Å². The Kier molecular flexibility index (Phi) is 6.24. The van der Waals surface area contributed by atoms with Crippen LogP contribution in [0.3, 0.4) is 0 Å². The van der Waals surface area contributed by atoms with Crippen LogP contribution in [0.4, 0.5) is 4.79 Å². The van der Waals surface area contributed by atoms with Crippen LogP contribution >= 0.6 is 27.5 Å². The zero-order chi connectivity index (χ0) is 15.9. The monoisotopic (exact) mass is 383 g/mol. The van der Waals surface area contributed by atoms with Crippen LogP contribution in [0.2, 0.25) is 5.02 Å². The van der Waals surface area contributed by atoms with Gasteiger partial charge in [0, 0.05) is 9.50 Å². The smallest absolute Gasteiger partial charge is 0.408 e. The summed E-state index contributed by atoms with van der Waals surface area (Å²) < 4.78 is 5.85. The van der Waals surface area contributed by atoms with Crippen LogP contribution < -0.4 is 5.32 Å². The van der Waals surface area contributed by atoms with Gasteiger partial charge in [-0.1, -0.05) is 63.9 Å². The summed E-state index contributed by atoms with van der Waals surface area (Å²) in [6, 6.07) is 13.9. The topological polar surface area (TPSA) is 58.6 Å². The Morgan fingerprint density at radius 3 is 2.64 bits per heavy atom. The lowest BCUT2D eigenvalue weighted by Gasteiger charge is -2.18. The number of rotatable bonds is 5. The number of hydrogen-bond donors (Lipinski definition) is 2. The SMILES string of the molecule is O=C(N[C@H](CO)c1ccc(Cl)cc1Br)OCc1ccccc1. The summed E-state index contributed by atoms with van der Waals surface area (Å²) in [5.41, 5.74) is 1.62. The van der Waals surface area contributed by atoms with Crippen LogP contribution in [0.15, 0.2) is 53.0 Å². The van der Waals surface area contributed by atoms with Gasteiger partial charge >= 0.3 is 6.09 Å².